The molecule has 0 aromatic heterocycles. The van der Waals surface area contributed by atoms with E-state index in [2.05, 4.69) is 0 Å². The van der Waals surface area contributed by atoms with Gasteiger partial charge in [-0.3, -0.25) is 0 Å². The van der Waals surface area contributed by atoms with Gasteiger partial charge in [0.1, 0.15) is 0 Å². The molecule has 14 heteroatoms. The van der Waals surface area contributed by atoms with Crippen molar-refractivity contribution in [3.8, 4) is 0 Å². The van der Waals surface area contributed by atoms with Crippen LogP contribution in [-0.4, -0.2) is 86.8 Å². The van der Waals surface area contributed by atoms with Crippen molar-refractivity contribution in [2.45, 2.75) is 0 Å². The fourth-order valence-electron chi connectivity index (χ4n) is 0. The second-order valence-corrected chi connectivity index (χ2v) is 3.59. The number of hydrogen-bond donors (Lipinski definition) is 7. The van der Waals surface area contributed by atoms with E-state index in [1.54, 1.807) is 0 Å². The van der Waals surface area contributed by atoms with E-state index < -0.39 is 23.0 Å². The summed E-state index contributed by atoms with van der Waals surface area (Å²) in [6, 6.07) is 0. The number of hydrogen-bond acceptors (Lipinski definition) is 8. The Hall–Kier alpha value is 0.697. The van der Waals surface area contributed by atoms with Crippen LogP contribution >= 0.6 is 7.82 Å². The molecule has 15 heavy (non-hydrogen) atoms. The Kier molecular flexibility index (Phi) is 18.5. The molecule has 0 radical (unpaired) electrons. The standard InChI is InChI=1S/CH2O3.Ca.H3O4P.H4O4Si/c2-1(3)4;;2*1-5(2,3)4/h(H2,2,3,4);;(H3,1,2,3,4);1-4H/q;+2;;/p-2. The number of carbonyl (C=O) groups is 1. The van der Waals surface area contributed by atoms with Crippen molar-refractivity contribution >= 4 is 60.8 Å². The first kappa shape index (κ1) is 24.8. The topological polar surface area (TPSA) is 222 Å². The SMILES string of the molecule is O=C([O-])[O-].O=P(O)(O)O.O[Si](O)(O)O.[Ca+2]. The third-order valence-corrected chi connectivity index (χ3v) is 0. The van der Waals surface area contributed by atoms with Gasteiger partial charge in [0.05, 0.1) is 0 Å². The third kappa shape index (κ3) is 4880. The molecule has 0 saturated heterocycles. The van der Waals surface area contributed by atoms with E-state index >= 15 is 0 Å². The largest absolute Gasteiger partial charge is 2.00 e. The Bertz CT molecular complexity index is 173. The zero-order chi connectivity index (χ0) is 12.6. The molecule has 0 atom stereocenters. The van der Waals surface area contributed by atoms with Crippen molar-refractivity contribution in [1.29, 1.82) is 0 Å². The zero-order valence-corrected chi connectivity index (χ0v) is 11.0. The van der Waals surface area contributed by atoms with Gasteiger partial charge in [0, 0.05) is 0 Å². The van der Waals surface area contributed by atoms with Crippen molar-refractivity contribution in [3.63, 3.8) is 0 Å². The molecule has 0 amide bonds. The number of phosphoric acid groups is 1. The van der Waals surface area contributed by atoms with E-state index in [0.717, 1.165) is 0 Å². The third-order valence-electron chi connectivity index (χ3n) is 0. The first-order valence-electron chi connectivity index (χ1n) is 2.29. The second kappa shape index (κ2) is 11.2. The van der Waals surface area contributed by atoms with Gasteiger partial charge in [0.25, 0.3) is 0 Å². The molecule has 0 saturated carbocycles. The van der Waals surface area contributed by atoms with Crippen LogP contribution in [0.4, 0.5) is 4.79 Å². The number of carboxylic acid groups (broad SMARTS) is 2. The molecule has 11 nitrogen and oxygen atoms in total. The van der Waals surface area contributed by atoms with E-state index in [9.17, 15) is 0 Å². The zero-order valence-electron chi connectivity index (χ0n) is 6.92. The van der Waals surface area contributed by atoms with E-state index in [4.69, 9.17) is 53.4 Å². The van der Waals surface area contributed by atoms with E-state index in [1.165, 1.54) is 0 Å². The van der Waals surface area contributed by atoms with Gasteiger partial charge >= 0.3 is 54.6 Å². The Morgan fingerprint density at radius 3 is 1.00 bits per heavy atom. The monoisotopic (exact) mass is 294 g/mol. The molecule has 0 aliphatic rings. The van der Waals surface area contributed by atoms with Crippen molar-refractivity contribution in [3.05, 3.63) is 0 Å². The summed E-state index contributed by atoms with van der Waals surface area (Å²) in [5, 5.41) is 16.7. The molecular weight excluding hydrogens is 287 g/mol. The number of carbonyl (C=O) groups excluding carboxylic acids is 1. The van der Waals surface area contributed by atoms with Crippen LogP contribution in [0.5, 0.6) is 0 Å². The van der Waals surface area contributed by atoms with Crippen LogP contribution in [0.25, 0.3) is 0 Å². The van der Waals surface area contributed by atoms with Crippen molar-refractivity contribution in [2.75, 3.05) is 0 Å². The van der Waals surface area contributed by atoms with Gasteiger partial charge in [0.2, 0.25) is 0 Å². The smallest absolute Gasteiger partial charge is 0.652 e. The summed E-state index contributed by atoms with van der Waals surface area (Å²) in [6.45, 7) is 0. The second-order valence-electron chi connectivity index (χ2n) is 1.36. The van der Waals surface area contributed by atoms with Crippen molar-refractivity contribution < 1.29 is 53.4 Å². The summed E-state index contributed by atoms with van der Waals surface area (Å²) in [4.78, 5) is 59.2. The first-order valence-corrected chi connectivity index (χ1v) is 5.64. The minimum absolute atomic E-state index is 0. The minimum Gasteiger partial charge on any atom is -0.652 e. The minimum atomic E-state index is -4.64. The fourth-order valence-corrected chi connectivity index (χ4v) is 0. The Labute approximate surface area is 114 Å². The first-order chi connectivity index (χ1) is 5.73. The van der Waals surface area contributed by atoms with Crippen LogP contribution in [-0.2, 0) is 4.57 Å². The van der Waals surface area contributed by atoms with E-state index in [-0.39, 0.29) is 37.7 Å². The molecule has 0 fully saturated rings. The summed E-state index contributed by atoms with van der Waals surface area (Å²) < 4.78 is 8.88. The van der Waals surface area contributed by atoms with Crippen molar-refractivity contribution in [1.82, 2.24) is 0 Å². The van der Waals surface area contributed by atoms with Crippen LogP contribution in [0.3, 0.4) is 0 Å². The Balaban J connectivity index is -0.0000000590. The van der Waals surface area contributed by atoms with Gasteiger partial charge in [-0.15, -0.1) is 0 Å². The summed E-state index contributed by atoms with van der Waals surface area (Å²) in [7, 11) is -9.25. The van der Waals surface area contributed by atoms with Gasteiger partial charge in [-0.05, 0) is 6.16 Å². The fraction of sp³-hybridized carbons (Fsp3) is 0. The molecule has 0 unspecified atom stereocenters. The molecule has 0 aliphatic carbocycles. The summed E-state index contributed by atoms with van der Waals surface area (Å²) in [6.07, 6.45) is -2.33. The maximum Gasteiger partial charge on any atom is 2.00 e. The molecule has 0 spiro atoms. The van der Waals surface area contributed by atoms with Gasteiger partial charge in [-0.1, -0.05) is 0 Å². The van der Waals surface area contributed by atoms with Crippen molar-refractivity contribution in [2.24, 2.45) is 0 Å². The molecule has 88 valence electrons. The van der Waals surface area contributed by atoms with Gasteiger partial charge in [-0.25, -0.2) is 4.57 Å². The molecule has 0 aromatic carbocycles. The molecule has 0 heterocycles. The summed E-state index contributed by atoms with van der Waals surface area (Å²) in [5.74, 6) is 0. The van der Waals surface area contributed by atoms with Gasteiger partial charge < -0.3 is 48.9 Å². The predicted octanol–water partition coefficient (Wildman–Crippen LogP) is -6.37. The maximum atomic E-state index is 8.88. The van der Waals surface area contributed by atoms with Gasteiger partial charge in [0.15, 0.2) is 0 Å². The van der Waals surface area contributed by atoms with Crippen LogP contribution in [0.2, 0.25) is 0 Å². The molecule has 7 N–H and O–H groups in total. The molecule has 0 rings (SSSR count). The van der Waals surface area contributed by atoms with E-state index in [0.29, 0.717) is 0 Å². The van der Waals surface area contributed by atoms with Crippen LogP contribution in [0, 0.1) is 0 Å². The van der Waals surface area contributed by atoms with E-state index in [1.807, 2.05) is 0 Å². The Morgan fingerprint density at radius 1 is 1.00 bits per heavy atom. The maximum absolute atomic E-state index is 8.88. The van der Waals surface area contributed by atoms with Crippen LogP contribution in [0.1, 0.15) is 0 Å². The molecular formula is CH7CaO11PSi. The number of rotatable bonds is 0. The molecule has 0 bridgehead atoms. The quantitative estimate of drug-likeness (QED) is 0.164. The summed E-state index contributed by atoms with van der Waals surface area (Å²) in [5.41, 5.74) is 0. The molecule has 0 aliphatic heterocycles. The predicted molar refractivity (Wildman–Crippen MR) is 40.0 cm³/mol. The van der Waals surface area contributed by atoms with Crippen LogP contribution in [0.15, 0.2) is 0 Å². The Morgan fingerprint density at radius 2 is 1.00 bits per heavy atom. The average Bonchev–Trinajstić information content (AvgIpc) is 1.45. The normalized spacial score (nSPS) is 9.53. The molecule has 0 aromatic rings. The van der Waals surface area contributed by atoms with Crippen LogP contribution < -0.4 is 10.2 Å². The van der Waals surface area contributed by atoms with Gasteiger partial charge in [-0.2, -0.15) is 0 Å². The average molecular weight is 294 g/mol. The summed E-state index contributed by atoms with van der Waals surface area (Å²) >= 11 is 0.